The summed E-state index contributed by atoms with van der Waals surface area (Å²) in [5.41, 5.74) is 4.94. The number of hydrogen-bond donors (Lipinski definition) is 0. The Balaban J connectivity index is 1.77. The van der Waals surface area contributed by atoms with Gasteiger partial charge in [0, 0.05) is 36.1 Å². The van der Waals surface area contributed by atoms with Crippen molar-refractivity contribution >= 4 is 5.69 Å². The van der Waals surface area contributed by atoms with Gasteiger partial charge in [-0.3, -0.25) is 4.98 Å². The fourth-order valence-corrected chi connectivity index (χ4v) is 4.35. The lowest BCUT2D eigenvalue weighted by atomic mass is 9.73. The minimum atomic E-state index is -2.39. The quantitative estimate of drug-likeness (QED) is 0.799. The van der Waals surface area contributed by atoms with Crippen LogP contribution in [0.2, 0.25) is 0 Å². The van der Waals surface area contributed by atoms with Crippen LogP contribution in [-0.2, 0) is 17.6 Å². The number of fused-ring (bicyclic) bond motifs is 3. The normalized spacial score (nSPS) is 23.9. The highest BCUT2D eigenvalue weighted by atomic mass is 19.3. The molecule has 0 spiro atoms. The molecule has 4 rings (SSSR count). The van der Waals surface area contributed by atoms with Gasteiger partial charge in [-0.05, 0) is 49.1 Å². The standard InChI is InChI=1S/C22H23F2N3O/c1-14-18(7-15(11-26-14)8-21(23)24)16-3-4-17-10-22(2,13-25)20-12-28-6-5-27(20)19(17)9-16/h3-4,7,9,11,20-21H,5-6,8,10,12H2,1-2H3/t20-,22+/m1/s1. The van der Waals surface area contributed by atoms with Crippen molar-refractivity contribution in [1.29, 1.82) is 5.26 Å². The number of nitrogens with zero attached hydrogens (tertiary/aromatic N) is 3. The molecule has 0 N–H and O–H groups in total. The number of pyridine rings is 1. The van der Waals surface area contributed by atoms with Gasteiger partial charge in [-0.25, -0.2) is 8.78 Å². The SMILES string of the molecule is Cc1ncc(CC(F)F)cc1-c1ccc2c(c1)N1CCOC[C@@H]1[C@](C)(C#N)C2. The molecule has 0 amide bonds. The van der Waals surface area contributed by atoms with Gasteiger partial charge in [0.2, 0.25) is 6.43 Å². The minimum Gasteiger partial charge on any atom is -0.377 e. The lowest BCUT2D eigenvalue weighted by Crippen LogP contribution is -2.57. The van der Waals surface area contributed by atoms with Crippen molar-refractivity contribution < 1.29 is 13.5 Å². The maximum Gasteiger partial charge on any atom is 0.242 e. The van der Waals surface area contributed by atoms with Gasteiger partial charge in [-0.15, -0.1) is 0 Å². The molecule has 0 aliphatic carbocycles. The van der Waals surface area contributed by atoms with Crippen LogP contribution in [0.3, 0.4) is 0 Å². The Morgan fingerprint density at radius 1 is 1.39 bits per heavy atom. The zero-order valence-corrected chi connectivity index (χ0v) is 16.1. The first kappa shape index (κ1) is 18.8. The van der Waals surface area contributed by atoms with Gasteiger partial charge in [0.15, 0.2) is 0 Å². The molecule has 1 aromatic heterocycles. The lowest BCUT2D eigenvalue weighted by molar-refractivity contribution is 0.0599. The van der Waals surface area contributed by atoms with Crippen molar-refractivity contribution in [2.45, 2.75) is 39.2 Å². The number of ether oxygens (including phenoxy) is 1. The molecule has 1 aromatic carbocycles. The number of rotatable bonds is 3. The van der Waals surface area contributed by atoms with Crippen LogP contribution in [0.15, 0.2) is 30.5 Å². The van der Waals surface area contributed by atoms with Crippen molar-refractivity contribution in [3.8, 4) is 17.2 Å². The first-order valence-electron chi connectivity index (χ1n) is 9.54. The van der Waals surface area contributed by atoms with Gasteiger partial charge in [-0.1, -0.05) is 12.1 Å². The van der Waals surface area contributed by atoms with Gasteiger partial charge < -0.3 is 9.64 Å². The molecule has 0 unspecified atom stereocenters. The number of hydrogen-bond acceptors (Lipinski definition) is 4. The molecular formula is C22H23F2N3O. The Kier molecular flexibility index (Phi) is 4.80. The summed E-state index contributed by atoms with van der Waals surface area (Å²) in [4.78, 5) is 6.61. The van der Waals surface area contributed by atoms with E-state index in [-0.39, 0.29) is 12.5 Å². The molecule has 0 saturated carbocycles. The number of benzene rings is 1. The number of nitriles is 1. The molecule has 0 bridgehead atoms. The van der Waals surface area contributed by atoms with Crippen LogP contribution in [0.4, 0.5) is 14.5 Å². The van der Waals surface area contributed by atoms with Crippen LogP contribution in [0, 0.1) is 23.7 Å². The molecule has 2 aliphatic heterocycles. The van der Waals surface area contributed by atoms with Crippen LogP contribution < -0.4 is 4.90 Å². The van der Waals surface area contributed by atoms with E-state index in [2.05, 4.69) is 28.1 Å². The minimum absolute atomic E-state index is 0.0124. The molecular weight excluding hydrogens is 360 g/mol. The molecule has 6 heteroatoms. The Morgan fingerprint density at radius 3 is 2.96 bits per heavy atom. The van der Waals surface area contributed by atoms with E-state index in [1.54, 1.807) is 0 Å². The zero-order chi connectivity index (χ0) is 19.9. The van der Waals surface area contributed by atoms with Crippen molar-refractivity contribution in [2.24, 2.45) is 5.41 Å². The Hall–Kier alpha value is -2.52. The lowest BCUT2D eigenvalue weighted by Gasteiger charge is -2.49. The van der Waals surface area contributed by atoms with E-state index in [1.165, 1.54) is 6.20 Å². The molecule has 28 heavy (non-hydrogen) atoms. The van der Waals surface area contributed by atoms with Crippen LogP contribution in [0.25, 0.3) is 11.1 Å². The Morgan fingerprint density at radius 2 is 2.21 bits per heavy atom. The van der Waals surface area contributed by atoms with Crippen LogP contribution in [0.1, 0.15) is 23.7 Å². The molecule has 0 radical (unpaired) electrons. The summed E-state index contributed by atoms with van der Waals surface area (Å²) < 4.78 is 31.3. The maximum absolute atomic E-state index is 12.8. The second-order valence-electron chi connectivity index (χ2n) is 7.91. The number of halogens is 2. The fraction of sp³-hybridized carbons (Fsp3) is 0.455. The van der Waals surface area contributed by atoms with Crippen molar-refractivity contribution in [3.05, 3.63) is 47.3 Å². The first-order valence-corrected chi connectivity index (χ1v) is 9.54. The molecule has 146 valence electrons. The maximum atomic E-state index is 12.8. The van der Waals surface area contributed by atoms with Gasteiger partial charge in [0.05, 0.1) is 30.7 Å². The Bertz CT molecular complexity index is 940. The van der Waals surface area contributed by atoms with Gasteiger partial charge >= 0.3 is 0 Å². The largest absolute Gasteiger partial charge is 0.377 e. The fourth-order valence-electron chi connectivity index (χ4n) is 4.35. The smallest absolute Gasteiger partial charge is 0.242 e. The van der Waals surface area contributed by atoms with E-state index in [9.17, 15) is 14.0 Å². The second-order valence-corrected chi connectivity index (χ2v) is 7.91. The number of aryl methyl sites for hydroxylation is 1. The highest BCUT2D eigenvalue weighted by molar-refractivity contribution is 5.74. The van der Waals surface area contributed by atoms with E-state index >= 15 is 0 Å². The van der Waals surface area contributed by atoms with Crippen LogP contribution >= 0.6 is 0 Å². The Labute approximate surface area is 163 Å². The molecule has 2 atom stereocenters. The van der Waals surface area contributed by atoms with Crippen LogP contribution in [0.5, 0.6) is 0 Å². The highest BCUT2D eigenvalue weighted by Gasteiger charge is 2.45. The molecule has 3 heterocycles. The van der Waals surface area contributed by atoms with Crippen molar-refractivity contribution in [3.63, 3.8) is 0 Å². The predicted molar refractivity (Wildman–Crippen MR) is 103 cm³/mol. The summed E-state index contributed by atoms with van der Waals surface area (Å²) in [6.07, 6.45) is -0.484. The topological polar surface area (TPSA) is 49.2 Å². The number of anilines is 1. The average molecular weight is 383 g/mol. The first-order chi connectivity index (χ1) is 13.4. The van der Waals surface area contributed by atoms with Crippen LogP contribution in [-0.4, -0.2) is 37.2 Å². The van der Waals surface area contributed by atoms with E-state index in [0.717, 1.165) is 34.6 Å². The highest BCUT2D eigenvalue weighted by Crippen LogP contribution is 2.43. The van der Waals surface area contributed by atoms with E-state index in [4.69, 9.17) is 4.74 Å². The third-order valence-electron chi connectivity index (χ3n) is 5.92. The van der Waals surface area contributed by atoms with Crippen molar-refractivity contribution in [2.75, 3.05) is 24.7 Å². The molecule has 2 aromatic rings. The van der Waals surface area contributed by atoms with Gasteiger partial charge in [-0.2, -0.15) is 5.26 Å². The number of aromatic nitrogens is 1. The zero-order valence-electron chi connectivity index (χ0n) is 16.1. The summed E-state index contributed by atoms with van der Waals surface area (Å²) in [6, 6.07) is 10.5. The molecule has 1 saturated heterocycles. The molecule has 1 fully saturated rings. The summed E-state index contributed by atoms with van der Waals surface area (Å²) in [7, 11) is 0. The second kappa shape index (κ2) is 7.14. The number of alkyl halides is 2. The third-order valence-corrected chi connectivity index (χ3v) is 5.92. The monoisotopic (exact) mass is 383 g/mol. The van der Waals surface area contributed by atoms with E-state index in [0.29, 0.717) is 25.2 Å². The van der Waals surface area contributed by atoms with E-state index < -0.39 is 11.8 Å². The molecule has 4 nitrogen and oxygen atoms in total. The summed E-state index contributed by atoms with van der Waals surface area (Å²) in [5, 5.41) is 9.78. The van der Waals surface area contributed by atoms with Gasteiger partial charge in [0.1, 0.15) is 0 Å². The summed E-state index contributed by atoms with van der Waals surface area (Å²) in [5.74, 6) is 0. The summed E-state index contributed by atoms with van der Waals surface area (Å²) in [6.45, 7) is 5.80. The van der Waals surface area contributed by atoms with E-state index in [1.807, 2.05) is 26.0 Å². The average Bonchev–Trinajstić information content (AvgIpc) is 2.69. The van der Waals surface area contributed by atoms with Gasteiger partial charge in [0.25, 0.3) is 0 Å². The van der Waals surface area contributed by atoms with Crippen molar-refractivity contribution in [1.82, 2.24) is 4.98 Å². The number of morpholine rings is 1. The molecule has 2 aliphatic rings. The third kappa shape index (κ3) is 3.24. The summed E-state index contributed by atoms with van der Waals surface area (Å²) >= 11 is 0. The predicted octanol–water partition coefficient (Wildman–Crippen LogP) is 4.16.